The average molecular weight is 275 g/mol. The molecular formula is C12H13N5OS. The number of hydrogen-bond acceptors (Lipinski definition) is 6. The van der Waals surface area contributed by atoms with Gasteiger partial charge in [0, 0.05) is 23.2 Å². The van der Waals surface area contributed by atoms with Gasteiger partial charge in [0.2, 0.25) is 5.16 Å². The fraction of sp³-hybridized carbons (Fsp3) is 0.333. The lowest BCUT2D eigenvalue weighted by Gasteiger charge is -1.97. The Morgan fingerprint density at radius 1 is 1.21 bits per heavy atom. The first kappa shape index (κ1) is 12.2. The molecule has 0 fully saturated rings. The molecular weight excluding hydrogens is 262 g/mol. The number of thioether (sulfide) groups is 1. The quantitative estimate of drug-likeness (QED) is 0.683. The standard InChI is InChI=1S/C12H13N5OS/c1-7-4-8(2)17-11(13-7)14-12(15-17)19-6-10-5-9(3)18-16-10/h4-5H,6H2,1-3H3. The minimum absolute atomic E-state index is 0.635. The molecule has 0 atom stereocenters. The van der Waals surface area contributed by atoms with E-state index in [1.807, 2.05) is 32.9 Å². The fourth-order valence-corrected chi connectivity index (χ4v) is 2.53. The van der Waals surface area contributed by atoms with Crippen LogP contribution in [0.3, 0.4) is 0 Å². The first-order chi connectivity index (χ1) is 9.11. The molecule has 0 saturated heterocycles. The molecule has 0 aliphatic heterocycles. The lowest BCUT2D eigenvalue weighted by Crippen LogP contribution is -1.97. The number of rotatable bonds is 3. The molecule has 0 unspecified atom stereocenters. The van der Waals surface area contributed by atoms with Crippen molar-refractivity contribution in [3.05, 3.63) is 35.0 Å². The molecule has 3 rings (SSSR count). The van der Waals surface area contributed by atoms with E-state index >= 15 is 0 Å². The van der Waals surface area contributed by atoms with Gasteiger partial charge in [0.1, 0.15) is 5.76 Å². The van der Waals surface area contributed by atoms with Crippen LogP contribution in [0, 0.1) is 20.8 Å². The molecule has 3 aromatic rings. The Morgan fingerprint density at radius 2 is 2.05 bits per heavy atom. The summed E-state index contributed by atoms with van der Waals surface area (Å²) < 4.78 is 6.78. The van der Waals surface area contributed by atoms with Crippen molar-refractivity contribution in [3.63, 3.8) is 0 Å². The van der Waals surface area contributed by atoms with Crippen LogP contribution in [0.4, 0.5) is 0 Å². The zero-order chi connectivity index (χ0) is 13.4. The van der Waals surface area contributed by atoms with Gasteiger partial charge in [-0.05, 0) is 26.8 Å². The molecule has 0 spiro atoms. The smallest absolute Gasteiger partial charge is 0.253 e. The molecule has 19 heavy (non-hydrogen) atoms. The zero-order valence-electron chi connectivity index (χ0n) is 10.9. The number of hydrogen-bond donors (Lipinski definition) is 0. The van der Waals surface area contributed by atoms with Gasteiger partial charge in [0.05, 0.1) is 5.69 Å². The predicted molar refractivity (Wildman–Crippen MR) is 71.1 cm³/mol. The summed E-state index contributed by atoms with van der Waals surface area (Å²) in [5.74, 6) is 2.13. The van der Waals surface area contributed by atoms with Crippen LogP contribution in [0.5, 0.6) is 0 Å². The van der Waals surface area contributed by atoms with Gasteiger partial charge < -0.3 is 4.52 Å². The third-order valence-electron chi connectivity index (χ3n) is 2.62. The van der Waals surface area contributed by atoms with Crippen molar-refractivity contribution in [2.75, 3.05) is 0 Å². The first-order valence-electron chi connectivity index (χ1n) is 5.88. The molecule has 3 heterocycles. The lowest BCUT2D eigenvalue weighted by molar-refractivity contribution is 0.393. The highest BCUT2D eigenvalue weighted by Gasteiger charge is 2.09. The van der Waals surface area contributed by atoms with Gasteiger partial charge in [-0.2, -0.15) is 4.98 Å². The molecule has 0 aliphatic carbocycles. The van der Waals surface area contributed by atoms with E-state index in [4.69, 9.17) is 4.52 Å². The maximum atomic E-state index is 5.02. The minimum atomic E-state index is 0.635. The molecule has 0 saturated carbocycles. The summed E-state index contributed by atoms with van der Waals surface area (Å²) in [6.07, 6.45) is 0. The molecule has 3 aromatic heterocycles. The second kappa shape index (κ2) is 4.65. The van der Waals surface area contributed by atoms with Crippen molar-refractivity contribution in [1.82, 2.24) is 24.7 Å². The lowest BCUT2D eigenvalue weighted by atomic mass is 10.4. The van der Waals surface area contributed by atoms with E-state index < -0.39 is 0 Å². The zero-order valence-corrected chi connectivity index (χ0v) is 11.7. The largest absolute Gasteiger partial charge is 0.361 e. The number of aromatic nitrogens is 5. The molecule has 0 bridgehead atoms. The summed E-state index contributed by atoms with van der Waals surface area (Å²) in [7, 11) is 0. The Hall–Kier alpha value is -1.89. The van der Waals surface area contributed by atoms with Gasteiger partial charge in [-0.15, -0.1) is 5.10 Å². The summed E-state index contributed by atoms with van der Waals surface area (Å²) in [4.78, 5) is 8.76. The summed E-state index contributed by atoms with van der Waals surface area (Å²) >= 11 is 1.52. The Labute approximate surface area is 114 Å². The van der Waals surface area contributed by atoms with Crippen molar-refractivity contribution in [1.29, 1.82) is 0 Å². The van der Waals surface area contributed by atoms with Gasteiger partial charge in [-0.3, -0.25) is 0 Å². The van der Waals surface area contributed by atoms with E-state index in [2.05, 4.69) is 20.2 Å². The molecule has 7 heteroatoms. The Kier molecular flexibility index (Phi) is 2.98. The van der Waals surface area contributed by atoms with Gasteiger partial charge in [0.15, 0.2) is 0 Å². The highest BCUT2D eigenvalue weighted by atomic mass is 32.2. The average Bonchev–Trinajstić information content (AvgIpc) is 2.92. The molecule has 0 amide bonds. The van der Waals surface area contributed by atoms with E-state index in [9.17, 15) is 0 Å². The normalized spacial score (nSPS) is 11.3. The van der Waals surface area contributed by atoms with E-state index in [0.717, 1.165) is 22.8 Å². The van der Waals surface area contributed by atoms with Crippen molar-refractivity contribution < 1.29 is 4.52 Å². The third-order valence-corrected chi connectivity index (χ3v) is 3.50. The van der Waals surface area contributed by atoms with Crippen LogP contribution in [0.15, 0.2) is 21.8 Å². The second-order valence-electron chi connectivity index (χ2n) is 4.36. The van der Waals surface area contributed by atoms with E-state index in [1.54, 1.807) is 4.52 Å². The van der Waals surface area contributed by atoms with Crippen molar-refractivity contribution in [2.24, 2.45) is 0 Å². The van der Waals surface area contributed by atoms with Gasteiger partial charge in [-0.25, -0.2) is 9.50 Å². The summed E-state index contributed by atoms with van der Waals surface area (Å²) in [6, 6.07) is 3.90. The maximum Gasteiger partial charge on any atom is 0.253 e. The Balaban J connectivity index is 1.83. The number of aryl methyl sites for hydroxylation is 3. The van der Waals surface area contributed by atoms with Crippen molar-refractivity contribution in [3.8, 4) is 0 Å². The summed E-state index contributed by atoms with van der Waals surface area (Å²) in [5, 5.41) is 9.06. The van der Waals surface area contributed by atoms with Crippen LogP contribution >= 0.6 is 11.8 Å². The number of fused-ring (bicyclic) bond motifs is 1. The highest BCUT2D eigenvalue weighted by molar-refractivity contribution is 7.98. The minimum Gasteiger partial charge on any atom is -0.361 e. The van der Waals surface area contributed by atoms with Crippen LogP contribution in [0.2, 0.25) is 0 Å². The maximum absolute atomic E-state index is 5.02. The first-order valence-corrected chi connectivity index (χ1v) is 6.86. The molecule has 0 aliphatic rings. The number of nitrogens with zero attached hydrogens (tertiary/aromatic N) is 5. The van der Waals surface area contributed by atoms with Crippen molar-refractivity contribution in [2.45, 2.75) is 31.7 Å². The molecule has 0 aromatic carbocycles. The Morgan fingerprint density at radius 3 is 2.79 bits per heavy atom. The van der Waals surface area contributed by atoms with Crippen LogP contribution in [0.25, 0.3) is 5.78 Å². The molecule has 6 nitrogen and oxygen atoms in total. The predicted octanol–water partition coefficient (Wildman–Crippen LogP) is 2.33. The van der Waals surface area contributed by atoms with Gasteiger partial charge in [0.25, 0.3) is 5.78 Å². The third kappa shape index (κ3) is 2.46. The summed E-state index contributed by atoms with van der Waals surface area (Å²) in [5.41, 5.74) is 2.86. The fourth-order valence-electron chi connectivity index (χ4n) is 1.83. The van der Waals surface area contributed by atoms with E-state index in [0.29, 0.717) is 16.7 Å². The SMILES string of the molecule is Cc1cc(C)n2nc(SCc3cc(C)on3)nc2n1. The van der Waals surface area contributed by atoms with Crippen LogP contribution < -0.4 is 0 Å². The summed E-state index contributed by atoms with van der Waals surface area (Å²) in [6.45, 7) is 5.82. The highest BCUT2D eigenvalue weighted by Crippen LogP contribution is 2.20. The van der Waals surface area contributed by atoms with Gasteiger partial charge in [-0.1, -0.05) is 16.9 Å². The van der Waals surface area contributed by atoms with Crippen LogP contribution in [-0.2, 0) is 5.75 Å². The topological polar surface area (TPSA) is 69.1 Å². The molecule has 0 radical (unpaired) electrons. The molecule has 98 valence electrons. The van der Waals surface area contributed by atoms with Gasteiger partial charge >= 0.3 is 0 Å². The second-order valence-corrected chi connectivity index (χ2v) is 5.31. The van der Waals surface area contributed by atoms with Crippen LogP contribution in [0.1, 0.15) is 22.8 Å². The van der Waals surface area contributed by atoms with E-state index in [1.165, 1.54) is 11.8 Å². The van der Waals surface area contributed by atoms with Crippen LogP contribution in [-0.4, -0.2) is 24.7 Å². The Bertz CT molecular complexity index is 733. The van der Waals surface area contributed by atoms with Crippen molar-refractivity contribution >= 4 is 17.5 Å². The monoisotopic (exact) mass is 275 g/mol. The van der Waals surface area contributed by atoms with E-state index in [-0.39, 0.29) is 0 Å². The molecule has 0 N–H and O–H groups in total.